The van der Waals surface area contributed by atoms with Crippen molar-refractivity contribution in [1.29, 1.82) is 0 Å². The van der Waals surface area contributed by atoms with E-state index in [1.54, 1.807) is 49.7 Å². The molecule has 0 atom stereocenters. The minimum absolute atomic E-state index is 0.155. The first-order chi connectivity index (χ1) is 14.5. The lowest BCUT2D eigenvalue weighted by molar-refractivity contribution is 0.104. The van der Waals surface area contributed by atoms with Crippen LogP contribution in [0.3, 0.4) is 0 Å². The predicted molar refractivity (Wildman–Crippen MR) is 115 cm³/mol. The third kappa shape index (κ3) is 4.03. The number of aromatic amines is 1. The van der Waals surface area contributed by atoms with Gasteiger partial charge in [0.25, 0.3) is 0 Å². The number of furan rings is 1. The molecule has 0 saturated carbocycles. The highest BCUT2D eigenvalue weighted by molar-refractivity contribution is 6.07. The first-order valence-electron chi connectivity index (χ1n) is 9.39. The Morgan fingerprint density at radius 3 is 2.60 bits per heavy atom. The van der Waals surface area contributed by atoms with E-state index < -0.39 is 0 Å². The Balaban J connectivity index is 1.58. The van der Waals surface area contributed by atoms with Crippen LogP contribution in [0.2, 0.25) is 0 Å². The summed E-state index contributed by atoms with van der Waals surface area (Å²) in [6, 6.07) is 18.0. The van der Waals surface area contributed by atoms with Gasteiger partial charge in [0.2, 0.25) is 0 Å². The molecule has 1 N–H and O–H groups in total. The molecule has 0 saturated heterocycles. The highest BCUT2D eigenvalue weighted by Crippen LogP contribution is 2.20. The number of benzene rings is 2. The number of aryl methyl sites for hydroxylation is 1. The normalized spacial score (nSPS) is 11.1. The molecule has 2 heterocycles. The molecule has 0 unspecified atom stereocenters. The number of nitrogens with zero attached hydrogens (tertiary/aromatic N) is 1. The van der Waals surface area contributed by atoms with E-state index >= 15 is 0 Å². The third-order valence-corrected chi connectivity index (χ3v) is 4.68. The molecule has 0 aliphatic carbocycles. The Bertz CT molecular complexity index is 1270. The van der Waals surface area contributed by atoms with Gasteiger partial charge in [-0.25, -0.2) is 4.79 Å². The number of imidazole rings is 1. The highest BCUT2D eigenvalue weighted by atomic mass is 16.5. The van der Waals surface area contributed by atoms with E-state index in [2.05, 4.69) is 4.98 Å². The van der Waals surface area contributed by atoms with Crippen LogP contribution in [0.25, 0.3) is 23.2 Å². The SMILES string of the molecule is COc1ccc(C=CC(=O)c2cccc(-n3cc(-c4ccc(C)o4)[nH]c3=O)c2)cc1. The fraction of sp³-hybridized carbons (Fsp3) is 0.0833. The number of carbonyl (C=O) groups excluding carboxylic acids is 1. The summed E-state index contributed by atoms with van der Waals surface area (Å²) in [5, 5.41) is 0. The van der Waals surface area contributed by atoms with Crippen LogP contribution in [0.15, 0.2) is 82.1 Å². The van der Waals surface area contributed by atoms with Gasteiger partial charge >= 0.3 is 5.69 Å². The molecule has 150 valence electrons. The van der Waals surface area contributed by atoms with Gasteiger partial charge in [0, 0.05) is 11.8 Å². The fourth-order valence-corrected chi connectivity index (χ4v) is 3.08. The quantitative estimate of drug-likeness (QED) is 0.378. The number of hydrogen-bond acceptors (Lipinski definition) is 4. The maximum absolute atomic E-state index is 12.6. The molecular weight excluding hydrogens is 380 g/mol. The summed E-state index contributed by atoms with van der Waals surface area (Å²) in [5.74, 6) is 1.94. The molecule has 0 bridgehead atoms. The number of rotatable bonds is 6. The molecule has 4 aromatic rings. The number of carbonyl (C=O) groups is 1. The summed E-state index contributed by atoms with van der Waals surface area (Å²) in [4.78, 5) is 27.8. The van der Waals surface area contributed by atoms with Crippen molar-refractivity contribution in [3.05, 3.63) is 100 Å². The van der Waals surface area contributed by atoms with Crippen LogP contribution < -0.4 is 10.4 Å². The molecule has 6 nitrogen and oxygen atoms in total. The largest absolute Gasteiger partial charge is 0.497 e. The van der Waals surface area contributed by atoms with Crippen LogP contribution in [0, 0.1) is 6.92 Å². The number of H-pyrrole nitrogens is 1. The summed E-state index contributed by atoms with van der Waals surface area (Å²) in [6.45, 7) is 1.84. The first-order valence-corrected chi connectivity index (χ1v) is 9.39. The molecule has 30 heavy (non-hydrogen) atoms. The average Bonchev–Trinajstić information content (AvgIpc) is 3.38. The Kier molecular flexibility index (Phi) is 5.22. The summed E-state index contributed by atoms with van der Waals surface area (Å²) < 4.78 is 12.2. The molecule has 0 aliphatic rings. The smallest absolute Gasteiger partial charge is 0.330 e. The molecule has 2 aromatic heterocycles. The topological polar surface area (TPSA) is 77.2 Å². The maximum atomic E-state index is 12.6. The van der Waals surface area contributed by atoms with Crippen molar-refractivity contribution in [2.24, 2.45) is 0 Å². The molecule has 0 fully saturated rings. The Labute approximate surface area is 173 Å². The van der Waals surface area contributed by atoms with Crippen molar-refractivity contribution in [3.63, 3.8) is 0 Å². The zero-order chi connectivity index (χ0) is 21.1. The van der Waals surface area contributed by atoms with Gasteiger partial charge in [0.15, 0.2) is 11.5 Å². The number of allylic oxidation sites excluding steroid dienone is 1. The molecule has 6 heteroatoms. The van der Waals surface area contributed by atoms with E-state index in [0.717, 1.165) is 17.1 Å². The van der Waals surface area contributed by atoms with Gasteiger partial charge in [0.1, 0.15) is 17.2 Å². The van der Waals surface area contributed by atoms with Crippen molar-refractivity contribution < 1.29 is 13.9 Å². The van der Waals surface area contributed by atoms with E-state index in [9.17, 15) is 9.59 Å². The predicted octanol–water partition coefficient (Wildman–Crippen LogP) is 4.64. The van der Waals surface area contributed by atoms with Gasteiger partial charge in [-0.3, -0.25) is 9.36 Å². The summed E-state index contributed by atoms with van der Waals surface area (Å²) in [7, 11) is 1.61. The zero-order valence-corrected chi connectivity index (χ0v) is 16.6. The molecule has 4 rings (SSSR count). The van der Waals surface area contributed by atoms with E-state index in [1.165, 1.54) is 10.6 Å². The van der Waals surface area contributed by atoms with E-state index in [1.807, 2.05) is 37.3 Å². The zero-order valence-electron chi connectivity index (χ0n) is 16.6. The Morgan fingerprint density at radius 2 is 1.90 bits per heavy atom. The van der Waals surface area contributed by atoms with Crippen molar-refractivity contribution in [2.75, 3.05) is 7.11 Å². The van der Waals surface area contributed by atoms with Crippen molar-refractivity contribution in [2.45, 2.75) is 6.92 Å². The maximum Gasteiger partial charge on any atom is 0.330 e. The first kappa shape index (κ1) is 19.3. The van der Waals surface area contributed by atoms with Gasteiger partial charge in [-0.05, 0) is 55.0 Å². The van der Waals surface area contributed by atoms with Crippen LogP contribution >= 0.6 is 0 Å². The number of ether oxygens (including phenoxy) is 1. The number of ketones is 1. The molecule has 0 spiro atoms. The lowest BCUT2D eigenvalue weighted by atomic mass is 10.1. The second kappa shape index (κ2) is 8.13. The lowest BCUT2D eigenvalue weighted by Crippen LogP contribution is -2.14. The van der Waals surface area contributed by atoms with Crippen LogP contribution in [0.4, 0.5) is 0 Å². The van der Waals surface area contributed by atoms with E-state index in [0.29, 0.717) is 22.7 Å². The summed E-state index contributed by atoms with van der Waals surface area (Å²) in [5.41, 5.74) is 2.23. The number of methoxy groups -OCH3 is 1. The van der Waals surface area contributed by atoms with Crippen LogP contribution in [0.5, 0.6) is 5.75 Å². The van der Waals surface area contributed by atoms with Crippen LogP contribution in [-0.4, -0.2) is 22.4 Å². The van der Waals surface area contributed by atoms with Gasteiger partial charge in [0.05, 0.1) is 12.8 Å². The van der Waals surface area contributed by atoms with Crippen molar-refractivity contribution in [3.8, 4) is 22.9 Å². The number of nitrogens with one attached hydrogen (secondary N) is 1. The third-order valence-electron chi connectivity index (χ3n) is 4.68. The molecular formula is C24H20N2O4. The van der Waals surface area contributed by atoms with Crippen molar-refractivity contribution >= 4 is 11.9 Å². The van der Waals surface area contributed by atoms with Gasteiger partial charge in [-0.2, -0.15) is 0 Å². The average molecular weight is 400 g/mol. The lowest BCUT2D eigenvalue weighted by Gasteiger charge is -2.03. The fourth-order valence-electron chi connectivity index (χ4n) is 3.08. The minimum atomic E-state index is -0.308. The van der Waals surface area contributed by atoms with Crippen molar-refractivity contribution in [1.82, 2.24) is 9.55 Å². The van der Waals surface area contributed by atoms with Crippen LogP contribution in [-0.2, 0) is 0 Å². The molecule has 0 amide bonds. The summed E-state index contributed by atoms with van der Waals surface area (Å²) >= 11 is 0. The minimum Gasteiger partial charge on any atom is -0.497 e. The summed E-state index contributed by atoms with van der Waals surface area (Å²) in [6.07, 6.45) is 4.92. The standard InChI is InChI=1S/C24H20N2O4/c1-16-6-13-23(30-16)21-15-26(24(28)25-21)19-5-3-4-18(14-19)22(27)12-9-17-7-10-20(29-2)11-8-17/h3-15H,1-2H3,(H,25,28). The Morgan fingerprint density at radius 1 is 1.10 bits per heavy atom. The second-order valence-electron chi connectivity index (χ2n) is 6.77. The monoisotopic (exact) mass is 400 g/mol. The van der Waals surface area contributed by atoms with Crippen LogP contribution in [0.1, 0.15) is 21.7 Å². The molecule has 0 aliphatic heterocycles. The number of hydrogen-bond donors (Lipinski definition) is 1. The second-order valence-corrected chi connectivity index (χ2v) is 6.77. The van der Waals surface area contributed by atoms with E-state index in [-0.39, 0.29) is 11.5 Å². The van der Waals surface area contributed by atoms with Gasteiger partial charge < -0.3 is 14.1 Å². The molecule has 0 radical (unpaired) electrons. The molecule has 2 aromatic carbocycles. The Hall–Kier alpha value is -4.06. The van der Waals surface area contributed by atoms with E-state index in [4.69, 9.17) is 9.15 Å². The van der Waals surface area contributed by atoms with Gasteiger partial charge in [-0.1, -0.05) is 30.3 Å². The highest BCUT2D eigenvalue weighted by Gasteiger charge is 2.11. The number of aromatic nitrogens is 2. The van der Waals surface area contributed by atoms with Gasteiger partial charge in [-0.15, -0.1) is 0 Å².